The molecule has 6 nitrogen and oxygen atoms in total. The molecule has 4 N–H and O–H groups in total. The van der Waals surface area contributed by atoms with Crippen LogP contribution in [-0.4, -0.2) is 43.2 Å². The Labute approximate surface area is 156 Å². The number of hydrogen-bond donors (Lipinski definition) is 4. The van der Waals surface area contributed by atoms with E-state index in [0.29, 0.717) is 6.54 Å². The van der Waals surface area contributed by atoms with Crippen LogP contribution in [-0.2, 0) is 22.6 Å². The van der Waals surface area contributed by atoms with Gasteiger partial charge in [0, 0.05) is 18.5 Å². The smallest absolute Gasteiger partial charge is 0.309 e. The first-order chi connectivity index (χ1) is 12.7. The quantitative estimate of drug-likeness (QED) is 0.522. The van der Waals surface area contributed by atoms with Crippen molar-refractivity contribution in [3.63, 3.8) is 0 Å². The lowest BCUT2D eigenvalue weighted by Gasteiger charge is -2.32. The molecule has 0 aliphatic carbocycles. The number of nitrogens with one attached hydrogen (secondary N) is 3. The molecule has 1 aliphatic rings. The molecule has 7 heteroatoms. The summed E-state index contributed by atoms with van der Waals surface area (Å²) in [6.07, 6.45) is 1.01. The van der Waals surface area contributed by atoms with E-state index < -0.39 is 11.8 Å². The molecule has 0 saturated heterocycles. The number of rotatable bonds is 6. The zero-order valence-corrected chi connectivity index (χ0v) is 15.3. The number of aliphatic hydroxyl groups excluding tert-OH is 1. The fraction of sp³-hybridized carbons (Fsp3) is 0.368. The molecular formula is C19H24N3O3S+. The van der Waals surface area contributed by atoms with E-state index in [2.05, 4.69) is 41.0 Å². The third kappa shape index (κ3) is 4.49. The number of quaternary nitrogens is 1. The summed E-state index contributed by atoms with van der Waals surface area (Å²) in [5, 5.41) is 15.9. The number of benzene rings is 1. The molecule has 2 heterocycles. The molecule has 0 spiro atoms. The first-order valence-electron chi connectivity index (χ1n) is 8.80. The Morgan fingerprint density at radius 3 is 2.62 bits per heavy atom. The van der Waals surface area contributed by atoms with Crippen molar-refractivity contribution in [1.82, 2.24) is 10.6 Å². The van der Waals surface area contributed by atoms with Crippen molar-refractivity contribution in [1.29, 1.82) is 0 Å². The number of fused-ring (bicyclic) bond motifs is 1. The molecule has 0 bridgehead atoms. The summed E-state index contributed by atoms with van der Waals surface area (Å²) in [5.41, 5.74) is 2.75. The standard InChI is InChI=1S/C19H23N3O3S/c23-10-8-20-18(24)19(25)21-12-16(17-6-3-11-26-17)22-9-7-14-4-1-2-5-15(14)13-22/h1-6,11,16,23H,7-10,12-13H2,(H,20,24)(H,21,25)/p+1/t16-/m0/s1. The second-order valence-corrected chi connectivity index (χ2v) is 7.34. The summed E-state index contributed by atoms with van der Waals surface area (Å²) in [6, 6.07) is 12.7. The van der Waals surface area contributed by atoms with Crippen LogP contribution < -0.4 is 15.5 Å². The minimum Gasteiger partial charge on any atom is -0.395 e. The molecule has 2 aromatic rings. The van der Waals surface area contributed by atoms with Crippen LogP contribution in [0.3, 0.4) is 0 Å². The lowest BCUT2D eigenvalue weighted by molar-refractivity contribution is -0.945. The maximum absolute atomic E-state index is 12.0. The van der Waals surface area contributed by atoms with Crippen LogP contribution >= 0.6 is 11.3 Å². The van der Waals surface area contributed by atoms with Crippen molar-refractivity contribution < 1.29 is 19.6 Å². The molecule has 1 aromatic carbocycles. The second kappa shape index (κ2) is 8.93. The fourth-order valence-corrected chi connectivity index (χ4v) is 4.25. The van der Waals surface area contributed by atoms with Gasteiger partial charge in [0.25, 0.3) is 0 Å². The van der Waals surface area contributed by atoms with E-state index in [9.17, 15) is 9.59 Å². The average molecular weight is 374 g/mol. The second-order valence-electron chi connectivity index (χ2n) is 6.36. The van der Waals surface area contributed by atoms with Crippen molar-refractivity contribution in [2.45, 2.75) is 19.0 Å². The third-order valence-corrected chi connectivity index (χ3v) is 5.69. The minimum atomic E-state index is -0.706. The number of carbonyl (C=O) groups is 2. The van der Waals surface area contributed by atoms with Gasteiger partial charge in [0.1, 0.15) is 12.6 Å². The van der Waals surface area contributed by atoms with Gasteiger partial charge in [0.15, 0.2) is 0 Å². The van der Waals surface area contributed by atoms with Gasteiger partial charge in [-0.05, 0) is 17.0 Å². The molecule has 138 valence electrons. The summed E-state index contributed by atoms with van der Waals surface area (Å²) in [5.74, 6) is -1.36. The van der Waals surface area contributed by atoms with Gasteiger partial charge in [-0.3, -0.25) is 9.59 Å². The Bertz CT molecular complexity index is 748. The van der Waals surface area contributed by atoms with Gasteiger partial charge >= 0.3 is 11.8 Å². The number of aliphatic hydroxyl groups is 1. The molecule has 0 radical (unpaired) electrons. The summed E-state index contributed by atoms with van der Waals surface area (Å²) in [6.45, 7) is 2.20. The summed E-state index contributed by atoms with van der Waals surface area (Å²) in [4.78, 5) is 26.3. The number of thiophene rings is 1. The Hall–Kier alpha value is -2.22. The monoisotopic (exact) mass is 374 g/mol. The van der Waals surface area contributed by atoms with Crippen molar-refractivity contribution in [2.75, 3.05) is 26.2 Å². The highest BCUT2D eigenvalue weighted by molar-refractivity contribution is 7.10. The number of amides is 2. The Morgan fingerprint density at radius 1 is 1.12 bits per heavy atom. The predicted octanol–water partition coefficient (Wildman–Crippen LogP) is -0.345. The van der Waals surface area contributed by atoms with E-state index in [0.717, 1.165) is 19.5 Å². The lowest BCUT2D eigenvalue weighted by Crippen LogP contribution is -3.12. The van der Waals surface area contributed by atoms with Crippen molar-refractivity contribution in [2.24, 2.45) is 0 Å². The fourth-order valence-electron chi connectivity index (χ4n) is 3.36. The van der Waals surface area contributed by atoms with Gasteiger partial charge in [0.05, 0.1) is 24.6 Å². The molecular weight excluding hydrogens is 350 g/mol. The van der Waals surface area contributed by atoms with E-state index in [1.54, 1.807) is 11.3 Å². The molecule has 0 saturated carbocycles. The van der Waals surface area contributed by atoms with E-state index in [1.165, 1.54) is 20.9 Å². The Balaban J connectivity index is 1.67. The van der Waals surface area contributed by atoms with Crippen molar-refractivity contribution in [3.8, 4) is 0 Å². The van der Waals surface area contributed by atoms with Crippen LogP contribution in [0.2, 0.25) is 0 Å². The predicted molar refractivity (Wildman–Crippen MR) is 99.8 cm³/mol. The van der Waals surface area contributed by atoms with Gasteiger partial charge in [0.2, 0.25) is 0 Å². The van der Waals surface area contributed by atoms with Crippen molar-refractivity contribution in [3.05, 3.63) is 57.8 Å². The van der Waals surface area contributed by atoms with Crippen LogP contribution in [0.1, 0.15) is 22.0 Å². The largest absolute Gasteiger partial charge is 0.395 e. The molecule has 2 amide bonds. The Morgan fingerprint density at radius 2 is 1.88 bits per heavy atom. The maximum Gasteiger partial charge on any atom is 0.309 e. The molecule has 26 heavy (non-hydrogen) atoms. The first-order valence-corrected chi connectivity index (χ1v) is 9.68. The van der Waals surface area contributed by atoms with Crippen LogP contribution in [0.15, 0.2) is 41.8 Å². The highest BCUT2D eigenvalue weighted by Crippen LogP contribution is 2.18. The topological polar surface area (TPSA) is 82.9 Å². The average Bonchev–Trinajstić information content (AvgIpc) is 3.20. The van der Waals surface area contributed by atoms with E-state index in [4.69, 9.17) is 5.11 Å². The SMILES string of the molecule is O=C(NCCO)C(=O)NC[C@@H](c1cccs1)[NH+]1CCc2ccccc2C1. The number of carbonyl (C=O) groups excluding carboxylic acids is 2. The Kier molecular flexibility index (Phi) is 6.38. The van der Waals surface area contributed by atoms with Crippen LogP contribution in [0.25, 0.3) is 0 Å². The maximum atomic E-state index is 12.0. The zero-order valence-electron chi connectivity index (χ0n) is 14.5. The highest BCUT2D eigenvalue weighted by atomic mass is 32.1. The summed E-state index contributed by atoms with van der Waals surface area (Å²) < 4.78 is 0. The normalized spacial score (nSPS) is 17.2. The van der Waals surface area contributed by atoms with Crippen LogP contribution in [0, 0.1) is 0 Å². The first kappa shape index (κ1) is 18.6. The van der Waals surface area contributed by atoms with Crippen LogP contribution in [0.4, 0.5) is 0 Å². The van der Waals surface area contributed by atoms with E-state index >= 15 is 0 Å². The minimum absolute atomic E-state index is 0.0781. The molecule has 1 aromatic heterocycles. The lowest BCUT2D eigenvalue weighted by atomic mass is 9.98. The van der Waals surface area contributed by atoms with E-state index in [1.807, 2.05) is 11.4 Å². The van der Waals surface area contributed by atoms with Gasteiger partial charge < -0.3 is 20.6 Å². The molecule has 1 unspecified atom stereocenters. The van der Waals surface area contributed by atoms with Gasteiger partial charge in [-0.25, -0.2) is 0 Å². The van der Waals surface area contributed by atoms with Crippen LogP contribution in [0.5, 0.6) is 0 Å². The highest BCUT2D eigenvalue weighted by Gasteiger charge is 2.30. The molecule has 3 rings (SSSR count). The molecule has 1 aliphatic heterocycles. The zero-order chi connectivity index (χ0) is 18.4. The summed E-state index contributed by atoms with van der Waals surface area (Å²) >= 11 is 1.67. The number of hydrogen-bond acceptors (Lipinski definition) is 4. The third-order valence-electron chi connectivity index (χ3n) is 4.70. The molecule has 2 atom stereocenters. The van der Waals surface area contributed by atoms with Gasteiger partial charge in [-0.15, -0.1) is 11.3 Å². The van der Waals surface area contributed by atoms with Gasteiger partial charge in [-0.1, -0.05) is 30.3 Å². The van der Waals surface area contributed by atoms with E-state index in [-0.39, 0.29) is 19.2 Å². The van der Waals surface area contributed by atoms with Gasteiger partial charge in [-0.2, -0.15) is 0 Å². The van der Waals surface area contributed by atoms with Crippen molar-refractivity contribution >= 4 is 23.2 Å². The molecule has 0 fully saturated rings. The summed E-state index contributed by atoms with van der Waals surface area (Å²) in [7, 11) is 0.